The molecule has 2 heterocycles. The number of carbonyl (C=O) groups excluding carboxylic acids is 1. The molecule has 27 heavy (non-hydrogen) atoms. The van der Waals surface area contributed by atoms with E-state index in [-0.39, 0.29) is 17.3 Å². The number of furan rings is 1. The molecule has 2 aliphatic rings. The van der Waals surface area contributed by atoms with Gasteiger partial charge >= 0.3 is 0 Å². The molecule has 1 aliphatic carbocycles. The molecule has 1 unspecified atom stereocenters. The molecule has 0 N–H and O–H groups in total. The molecule has 1 aliphatic heterocycles. The van der Waals surface area contributed by atoms with Crippen molar-refractivity contribution in [3.8, 4) is 17.4 Å². The van der Waals surface area contributed by atoms with Gasteiger partial charge in [-0.1, -0.05) is 46.3 Å². The SMILES string of the molecule is N#C/C(=C\c1ccc(-c2cccc(Br)c2)o1)C1=NC(=O)C2C=CC=CC2=N1. The quantitative estimate of drug-likeness (QED) is 0.676. The smallest absolute Gasteiger partial charge is 0.260 e. The Balaban J connectivity index is 1.66. The molecule has 1 atom stereocenters. The third-order valence-corrected chi connectivity index (χ3v) is 4.59. The monoisotopic (exact) mass is 417 g/mol. The number of fused-ring (bicyclic) bond motifs is 1. The van der Waals surface area contributed by atoms with Crippen molar-refractivity contribution < 1.29 is 9.21 Å². The average molecular weight is 418 g/mol. The molecule has 0 spiro atoms. The average Bonchev–Trinajstić information content (AvgIpc) is 3.15. The summed E-state index contributed by atoms with van der Waals surface area (Å²) in [6.45, 7) is 0. The zero-order valence-corrected chi connectivity index (χ0v) is 15.6. The van der Waals surface area contributed by atoms with Crippen LogP contribution in [0.25, 0.3) is 17.4 Å². The molecular weight excluding hydrogens is 406 g/mol. The lowest BCUT2D eigenvalue weighted by molar-refractivity contribution is -0.118. The van der Waals surface area contributed by atoms with E-state index in [1.165, 1.54) is 0 Å². The van der Waals surface area contributed by atoms with E-state index in [2.05, 4.69) is 32.0 Å². The first-order valence-corrected chi connectivity index (χ1v) is 8.97. The van der Waals surface area contributed by atoms with Gasteiger partial charge in [-0.15, -0.1) is 0 Å². The fourth-order valence-electron chi connectivity index (χ4n) is 2.81. The van der Waals surface area contributed by atoms with Gasteiger partial charge in [-0.05, 0) is 30.3 Å². The fourth-order valence-corrected chi connectivity index (χ4v) is 3.20. The Morgan fingerprint density at radius 3 is 2.93 bits per heavy atom. The van der Waals surface area contributed by atoms with Crippen LogP contribution in [0.2, 0.25) is 0 Å². The molecule has 1 aromatic carbocycles. The van der Waals surface area contributed by atoms with Gasteiger partial charge in [0.1, 0.15) is 29.1 Å². The van der Waals surface area contributed by atoms with E-state index in [4.69, 9.17) is 4.42 Å². The molecule has 0 fully saturated rings. The highest BCUT2D eigenvalue weighted by Gasteiger charge is 2.27. The number of halogens is 1. The summed E-state index contributed by atoms with van der Waals surface area (Å²) in [5, 5.41) is 9.52. The van der Waals surface area contributed by atoms with Gasteiger partial charge < -0.3 is 4.42 Å². The minimum absolute atomic E-state index is 0.106. The van der Waals surface area contributed by atoms with Crippen LogP contribution in [0.1, 0.15) is 5.76 Å². The highest BCUT2D eigenvalue weighted by Crippen LogP contribution is 2.26. The van der Waals surface area contributed by atoms with Crippen molar-refractivity contribution in [1.29, 1.82) is 5.26 Å². The molecule has 0 bridgehead atoms. The topological polar surface area (TPSA) is 78.7 Å². The maximum absolute atomic E-state index is 12.2. The van der Waals surface area contributed by atoms with Crippen LogP contribution in [0.15, 0.2) is 85.2 Å². The highest BCUT2D eigenvalue weighted by molar-refractivity contribution is 9.10. The van der Waals surface area contributed by atoms with Crippen LogP contribution < -0.4 is 0 Å². The number of rotatable bonds is 3. The van der Waals surface area contributed by atoms with Gasteiger partial charge in [-0.25, -0.2) is 4.99 Å². The minimum Gasteiger partial charge on any atom is -0.457 e. The zero-order chi connectivity index (χ0) is 18.8. The normalized spacial score (nSPS) is 18.6. The van der Waals surface area contributed by atoms with Gasteiger partial charge in [0.25, 0.3) is 5.91 Å². The van der Waals surface area contributed by atoms with E-state index >= 15 is 0 Å². The van der Waals surface area contributed by atoms with E-state index in [0.717, 1.165) is 10.0 Å². The molecule has 0 radical (unpaired) electrons. The molecular formula is C21H12BrN3O2. The predicted molar refractivity (Wildman–Crippen MR) is 107 cm³/mol. The van der Waals surface area contributed by atoms with E-state index in [9.17, 15) is 10.1 Å². The van der Waals surface area contributed by atoms with Crippen LogP contribution in [-0.2, 0) is 4.79 Å². The number of allylic oxidation sites excluding steroid dienone is 3. The Hall–Kier alpha value is -3.30. The molecule has 2 aromatic rings. The van der Waals surface area contributed by atoms with Crippen molar-refractivity contribution >= 4 is 39.5 Å². The number of carbonyl (C=O) groups is 1. The van der Waals surface area contributed by atoms with Gasteiger partial charge in [0.05, 0.1) is 5.71 Å². The lowest BCUT2D eigenvalue weighted by Crippen LogP contribution is -2.27. The summed E-state index contributed by atoms with van der Waals surface area (Å²) in [4.78, 5) is 20.6. The summed E-state index contributed by atoms with van der Waals surface area (Å²) in [5.41, 5.74) is 1.67. The number of benzene rings is 1. The number of hydrogen-bond donors (Lipinski definition) is 0. The summed E-state index contributed by atoms with van der Waals surface area (Å²) in [5.74, 6) is 0.469. The fraction of sp³-hybridized carbons (Fsp3) is 0.0476. The number of nitrogens with zero attached hydrogens (tertiary/aromatic N) is 3. The van der Waals surface area contributed by atoms with Gasteiger partial charge in [0.15, 0.2) is 5.84 Å². The molecule has 0 saturated heterocycles. The maximum Gasteiger partial charge on any atom is 0.260 e. The van der Waals surface area contributed by atoms with Gasteiger partial charge in [0, 0.05) is 16.1 Å². The number of amidine groups is 1. The first kappa shape index (κ1) is 17.1. The molecule has 4 rings (SSSR count). The van der Waals surface area contributed by atoms with Gasteiger partial charge in [0.2, 0.25) is 0 Å². The third-order valence-electron chi connectivity index (χ3n) is 4.10. The molecule has 5 nitrogen and oxygen atoms in total. The standard InChI is InChI=1S/C21H12BrN3O2/c22-15-5-3-4-13(10-15)19-9-8-16(27-19)11-14(12-23)20-24-18-7-2-1-6-17(18)21(26)25-20/h1-11,17H/b14-11+. The summed E-state index contributed by atoms with van der Waals surface area (Å²) in [7, 11) is 0. The predicted octanol–water partition coefficient (Wildman–Crippen LogP) is 4.74. The largest absolute Gasteiger partial charge is 0.457 e. The lowest BCUT2D eigenvalue weighted by Gasteiger charge is -2.17. The second-order valence-electron chi connectivity index (χ2n) is 5.91. The Bertz CT molecular complexity index is 1130. The summed E-state index contributed by atoms with van der Waals surface area (Å²) < 4.78 is 6.77. The number of amides is 1. The summed E-state index contributed by atoms with van der Waals surface area (Å²) in [6.07, 6.45) is 8.63. The van der Waals surface area contributed by atoms with Crippen molar-refractivity contribution in [3.05, 3.63) is 76.5 Å². The van der Waals surface area contributed by atoms with Crippen molar-refractivity contribution in [2.24, 2.45) is 15.9 Å². The van der Waals surface area contributed by atoms with E-state index in [1.807, 2.05) is 30.3 Å². The summed E-state index contributed by atoms with van der Waals surface area (Å²) >= 11 is 3.43. The van der Waals surface area contributed by atoms with Crippen LogP contribution in [0.5, 0.6) is 0 Å². The first-order chi connectivity index (χ1) is 13.1. The maximum atomic E-state index is 12.2. The lowest BCUT2D eigenvalue weighted by atomic mass is 9.96. The van der Waals surface area contributed by atoms with Crippen LogP contribution in [0.4, 0.5) is 0 Å². The number of nitriles is 1. The molecule has 1 amide bonds. The van der Waals surface area contributed by atoms with Crippen LogP contribution >= 0.6 is 15.9 Å². The first-order valence-electron chi connectivity index (χ1n) is 8.18. The van der Waals surface area contributed by atoms with E-state index < -0.39 is 5.92 Å². The highest BCUT2D eigenvalue weighted by atomic mass is 79.9. The minimum atomic E-state index is -0.467. The molecule has 130 valence electrons. The Morgan fingerprint density at radius 2 is 2.11 bits per heavy atom. The van der Waals surface area contributed by atoms with Crippen molar-refractivity contribution in [2.75, 3.05) is 0 Å². The molecule has 1 aromatic heterocycles. The second kappa shape index (κ2) is 7.14. The zero-order valence-electron chi connectivity index (χ0n) is 14.0. The van der Waals surface area contributed by atoms with Gasteiger partial charge in [-0.3, -0.25) is 4.79 Å². The van der Waals surface area contributed by atoms with Crippen LogP contribution in [0, 0.1) is 17.2 Å². The van der Waals surface area contributed by atoms with E-state index in [0.29, 0.717) is 17.2 Å². The van der Waals surface area contributed by atoms with E-state index in [1.54, 1.807) is 36.4 Å². The Kier molecular flexibility index (Phi) is 4.53. The molecule has 0 saturated carbocycles. The Labute approximate surface area is 163 Å². The van der Waals surface area contributed by atoms with Gasteiger partial charge in [-0.2, -0.15) is 10.3 Å². The van der Waals surface area contributed by atoms with Crippen LogP contribution in [0.3, 0.4) is 0 Å². The summed E-state index contributed by atoms with van der Waals surface area (Å²) in [6, 6.07) is 13.4. The molecule has 6 heteroatoms. The number of aliphatic imine (C=N–C) groups is 2. The van der Waals surface area contributed by atoms with Crippen LogP contribution in [-0.4, -0.2) is 17.5 Å². The Morgan fingerprint density at radius 1 is 1.22 bits per heavy atom. The van der Waals surface area contributed by atoms with Crippen molar-refractivity contribution in [1.82, 2.24) is 0 Å². The van der Waals surface area contributed by atoms with Crippen molar-refractivity contribution in [3.63, 3.8) is 0 Å². The second-order valence-corrected chi connectivity index (χ2v) is 6.83. The van der Waals surface area contributed by atoms with Crippen molar-refractivity contribution in [2.45, 2.75) is 0 Å². The third kappa shape index (κ3) is 3.50. The number of hydrogen-bond acceptors (Lipinski definition) is 4.